The molecule has 5 heteroatoms. The average molecular weight is 372 g/mol. The first-order valence-electron chi connectivity index (χ1n) is 10.1. The van der Waals surface area contributed by atoms with Crippen molar-refractivity contribution in [1.29, 1.82) is 0 Å². The highest BCUT2D eigenvalue weighted by atomic mass is 16.2. The van der Waals surface area contributed by atoms with E-state index in [9.17, 15) is 4.79 Å². The van der Waals surface area contributed by atoms with Crippen LogP contribution >= 0.6 is 0 Å². The predicted octanol–water partition coefficient (Wildman–Crippen LogP) is 3.61. The number of rotatable bonds is 3. The molecule has 2 aromatic heterocycles. The number of carbonyl (C=O) groups excluding carboxylic acids is 1. The Morgan fingerprint density at radius 3 is 2.71 bits per heavy atom. The van der Waals surface area contributed by atoms with Gasteiger partial charge < -0.3 is 4.90 Å². The summed E-state index contributed by atoms with van der Waals surface area (Å²) in [7, 11) is 0. The van der Waals surface area contributed by atoms with Crippen LogP contribution in [0.5, 0.6) is 0 Å². The van der Waals surface area contributed by atoms with Gasteiger partial charge in [-0.05, 0) is 56.6 Å². The zero-order valence-electron chi connectivity index (χ0n) is 15.9. The molecule has 5 nitrogen and oxygen atoms in total. The summed E-state index contributed by atoms with van der Waals surface area (Å²) < 4.78 is 0. The van der Waals surface area contributed by atoms with E-state index in [4.69, 9.17) is 4.98 Å². The van der Waals surface area contributed by atoms with Crippen LogP contribution in [0.15, 0.2) is 54.9 Å². The molecule has 0 aliphatic carbocycles. The minimum atomic E-state index is 0.116. The minimum Gasteiger partial charge on any atom is -0.337 e. The lowest BCUT2D eigenvalue weighted by molar-refractivity contribution is 0.0782. The van der Waals surface area contributed by atoms with E-state index in [1.54, 1.807) is 12.4 Å². The molecule has 142 valence electrons. The normalized spacial score (nSPS) is 20.1. The van der Waals surface area contributed by atoms with Gasteiger partial charge >= 0.3 is 0 Å². The van der Waals surface area contributed by atoms with Crippen LogP contribution in [-0.4, -0.2) is 57.9 Å². The van der Waals surface area contributed by atoms with Crippen LogP contribution in [0, 0.1) is 0 Å². The lowest BCUT2D eigenvalue weighted by Gasteiger charge is -2.24. The van der Waals surface area contributed by atoms with Crippen LogP contribution in [0.4, 0.5) is 0 Å². The number of benzene rings is 1. The molecule has 2 fully saturated rings. The number of carbonyl (C=O) groups is 1. The Morgan fingerprint density at radius 2 is 1.89 bits per heavy atom. The van der Waals surface area contributed by atoms with E-state index in [-0.39, 0.29) is 5.91 Å². The smallest absolute Gasteiger partial charge is 0.254 e. The molecule has 2 aliphatic rings. The van der Waals surface area contributed by atoms with Crippen LogP contribution in [0.3, 0.4) is 0 Å². The first-order chi connectivity index (χ1) is 13.8. The number of para-hydroxylation sites is 1. The number of aromatic nitrogens is 2. The Hall–Kier alpha value is -2.79. The first-order valence-corrected chi connectivity index (χ1v) is 10.1. The first kappa shape index (κ1) is 17.3. The summed E-state index contributed by atoms with van der Waals surface area (Å²) in [5, 5.41) is 0.921. The third kappa shape index (κ3) is 3.16. The van der Waals surface area contributed by atoms with E-state index < -0.39 is 0 Å². The molecule has 1 unspecified atom stereocenters. The van der Waals surface area contributed by atoms with Gasteiger partial charge in [-0.25, -0.2) is 4.98 Å². The Bertz CT molecular complexity index is 998. The molecule has 1 aromatic carbocycles. The molecule has 2 aliphatic heterocycles. The number of pyridine rings is 2. The molecule has 2 saturated heterocycles. The molecule has 5 rings (SSSR count). The summed E-state index contributed by atoms with van der Waals surface area (Å²) >= 11 is 0. The quantitative estimate of drug-likeness (QED) is 0.705. The van der Waals surface area contributed by atoms with Crippen molar-refractivity contribution in [2.45, 2.75) is 25.3 Å². The fraction of sp³-hybridized carbons (Fsp3) is 0.348. The van der Waals surface area contributed by atoms with Crippen LogP contribution in [0.25, 0.3) is 22.2 Å². The van der Waals surface area contributed by atoms with E-state index in [2.05, 4.69) is 9.88 Å². The van der Waals surface area contributed by atoms with Crippen LogP contribution in [0.2, 0.25) is 0 Å². The summed E-state index contributed by atoms with van der Waals surface area (Å²) in [4.78, 5) is 27.0. The molecule has 0 spiro atoms. The van der Waals surface area contributed by atoms with Crippen molar-refractivity contribution in [3.63, 3.8) is 0 Å². The molecule has 0 radical (unpaired) electrons. The van der Waals surface area contributed by atoms with Crippen molar-refractivity contribution < 1.29 is 4.79 Å². The highest BCUT2D eigenvalue weighted by Crippen LogP contribution is 2.27. The van der Waals surface area contributed by atoms with Crippen LogP contribution in [0.1, 0.15) is 29.6 Å². The van der Waals surface area contributed by atoms with E-state index in [0.29, 0.717) is 6.04 Å². The van der Waals surface area contributed by atoms with Gasteiger partial charge in [0.1, 0.15) is 0 Å². The molecule has 0 saturated carbocycles. The maximum Gasteiger partial charge on any atom is 0.254 e. The lowest BCUT2D eigenvalue weighted by atomic mass is 10.0. The van der Waals surface area contributed by atoms with Crippen LogP contribution < -0.4 is 0 Å². The summed E-state index contributed by atoms with van der Waals surface area (Å²) in [5.74, 6) is 0.116. The maximum atomic E-state index is 13.5. The van der Waals surface area contributed by atoms with Crippen LogP contribution in [-0.2, 0) is 0 Å². The summed E-state index contributed by atoms with van der Waals surface area (Å²) in [6, 6.07) is 14.2. The number of fused-ring (bicyclic) bond motifs is 1. The van der Waals surface area contributed by atoms with E-state index in [0.717, 1.165) is 47.2 Å². The zero-order chi connectivity index (χ0) is 18.9. The lowest BCUT2D eigenvalue weighted by Crippen LogP contribution is -2.37. The van der Waals surface area contributed by atoms with E-state index in [1.807, 2.05) is 47.4 Å². The average Bonchev–Trinajstić information content (AvgIpc) is 3.45. The second-order valence-corrected chi connectivity index (χ2v) is 7.75. The molecule has 3 aromatic rings. The largest absolute Gasteiger partial charge is 0.337 e. The zero-order valence-corrected chi connectivity index (χ0v) is 15.9. The molecule has 1 atom stereocenters. The summed E-state index contributed by atoms with van der Waals surface area (Å²) in [6.45, 7) is 4.02. The minimum absolute atomic E-state index is 0.116. The number of hydrogen-bond acceptors (Lipinski definition) is 4. The van der Waals surface area contributed by atoms with Gasteiger partial charge in [0.05, 0.1) is 16.8 Å². The summed E-state index contributed by atoms with van der Waals surface area (Å²) in [6.07, 6.45) is 7.19. The number of hydrogen-bond donors (Lipinski definition) is 0. The number of amides is 1. The van der Waals surface area contributed by atoms with Gasteiger partial charge in [-0.3, -0.25) is 14.7 Å². The van der Waals surface area contributed by atoms with Crippen molar-refractivity contribution in [1.82, 2.24) is 19.8 Å². The van der Waals surface area contributed by atoms with Crippen molar-refractivity contribution in [3.05, 3.63) is 60.4 Å². The Balaban J connectivity index is 1.50. The SMILES string of the molecule is O=C(c1cc(-c2cccnc2)nc2ccccc12)N1CCC(N2CCCC2)C1. The monoisotopic (exact) mass is 372 g/mol. The summed E-state index contributed by atoms with van der Waals surface area (Å²) in [5.41, 5.74) is 3.32. The van der Waals surface area contributed by atoms with Gasteiger partial charge in [0.25, 0.3) is 5.91 Å². The third-order valence-corrected chi connectivity index (χ3v) is 6.01. The second kappa shape index (κ2) is 7.32. The highest BCUT2D eigenvalue weighted by Gasteiger charge is 2.32. The Morgan fingerprint density at radius 1 is 1.04 bits per heavy atom. The fourth-order valence-electron chi connectivity index (χ4n) is 4.52. The van der Waals surface area contributed by atoms with Gasteiger partial charge in [-0.2, -0.15) is 0 Å². The molecule has 0 bridgehead atoms. The standard InChI is InChI=1S/C23H24N4O/c28-23(27-13-9-18(16-27)26-11-3-4-12-26)20-14-22(17-6-5-10-24-15-17)25-21-8-2-1-7-19(20)21/h1-2,5-8,10,14-15,18H,3-4,9,11-13,16H2. The van der Waals surface area contributed by atoms with Crippen molar-refractivity contribution >= 4 is 16.8 Å². The fourth-order valence-corrected chi connectivity index (χ4v) is 4.52. The molecule has 0 N–H and O–H groups in total. The van der Waals surface area contributed by atoms with Crippen molar-refractivity contribution in [2.75, 3.05) is 26.2 Å². The molecule has 1 amide bonds. The van der Waals surface area contributed by atoms with Gasteiger partial charge in [-0.15, -0.1) is 0 Å². The topological polar surface area (TPSA) is 49.3 Å². The Kier molecular flexibility index (Phi) is 4.53. The predicted molar refractivity (Wildman–Crippen MR) is 110 cm³/mol. The number of nitrogens with zero attached hydrogens (tertiary/aromatic N) is 4. The van der Waals surface area contributed by atoms with Gasteiger partial charge in [0.2, 0.25) is 0 Å². The molecular formula is C23H24N4O. The van der Waals surface area contributed by atoms with Gasteiger partial charge in [-0.1, -0.05) is 18.2 Å². The van der Waals surface area contributed by atoms with Gasteiger partial charge in [0.15, 0.2) is 0 Å². The third-order valence-electron chi connectivity index (χ3n) is 6.01. The molecular weight excluding hydrogens is 348 g/mol. The Labute approximate surface area is 165 Å². The highest BCUT2D eigenvalue weighted by molar-refractivity contribution is 6.07. The van der Waals surface area contributed by atoms with Gasteiger partial charge in [0, 0.05) is 42.5 Å². The van der Waals surface area contributed by atoms with E-state index >= 15 is 0 Å². The molecule has 4 heterocycles. The second-order valence-electron chi connectivity index (χ2n) is 7.75. The molecule has 28 heavy (non-hydrogen) atoms. The van der Waals surface area contributed by atoms with Crippen molar-refractivity contribution in [3.8, 4) is 11.3 Å². The number of likely N-dealkylation sites (tertiary alicyclic amines) is 2. The maximum absolute atomic E-state index is 13.5. The van der Waals surface area contributed by atoms with Crippen molar-refractivity contribution in [2.24, 2.45) is 0 Å². The van der Waals surface area contributed by atoms with E-state index in [1.165, 1.54) is 25.9 Å².